The third-order valence-corrected chi connectivity index (χ3v) is 3.07. The fourth-order valence-electron chi connectivity index (χ4n) is 1.88. The maximum Gasteiger partial charge on any atom is 0.221 e. The van der Waals surface area contributed by atoms with Crippen LogP contribution in [0.1, 0.15) is 25.5 Å². The summed E-state index contributed by atoms with van der Waals surface area (Å²) in [4.78, 5) is 13.0. The van der Waals surface area contributed by atoms with Gasteiger partial charge in [0.15, 0.2) is 0 Å². The number of hydrogen-bond donors (Lipinski definition) is 3. The van der Waals surface area contributed by atoms with Gasteiger partial charge in [0.05, 0.1) is 6.10 Å². The van der Waals surface area contributed by atoms with Gasteiger partial charge in [-0.15, -0.1) is 0 Å². The summed E-state index contributed by atoms with van der Waals surface area (Å²) in [7, 11) is 4.03. The normalized spacial score (nSPS) is 14.1. The van der Waals surface area contributed by atoms with Crippen LogP contribution in [0.4, 0.5) is 5.69 Å². The number of carbonyl (C=O) groups excluding carboxylic acids is 1. The maximum atomic E-state index is 10.9. The Labute approximate surface area is 121 Å². The lowest BCUT2D eigenvalue weighted by atomic mass is 10.0. The molecular formula is C15H25N3O2. The van der Waals surface area contributed by atoms with Crippen molar-refractivity contribution in [3.05, 3.63) is 29.8 Å². The van der Waals surface area contributed by atoms with Crippen LogP contribution in [-0.4, -0.2) is 49.1 Å². The molecule has 0 fully saturated rings. The zero-order chi connectivity index (χ0) is 15.1. The van der Waals surface area contributed by atoms with Gasteiger partial charge in [0.1, 0.15) is 0 Å². The van der Waals surface area contributed by atoms with Gasteiger partial charge in [-0.3, -0.25) is 4.79 Å². The summed E-state index contributed by atoms with van der Waals surface area (Å²) in [5.41, 5.74) is 1.57. The lowest BCUT2D eigenvalue weighted by molar-refractivity contribution is -0.114. The van der Waals surface area contributed by atoms with Gasteiger partial charge in [-0.2, -0.15) is 0 Å². The Hall–Kier alpha value is -1.43. The summed E-state index contributed by atoms with van der Waals surface area (Å²) >= 11 is 0. The number of likely N-dealkylation sites (N-methyl/N-ethyl adjacent to an activating group) is 1. The Morgan fingerprint density at radius 3 is 2.40 bits per heavy atom. The number of nitrogens with zero attached hydrogens (tertiary/aromatic N) is 1. The van der Waals surface area contributed by atoms with Gasteiger partial charge in [0.2, 0.25) is 5.91 Å². The van der Waals surface area contributed by atoms with Crippen molar-refractivity contribution in [2.45, 2.75) is 26.0 Å². The highest BCUT2D eigenvalue weighted by Gasteiger charge is 2.15. The molecule has 5 nitrogen and oxygen atoms in total. The molecule has 112 valence electrons. The molecule has 0 bridgehead atoms. The van der Waals surface area contributed by atoms with Gasteiger partial charge in [-0.1, -0.05) is 12.1 Å². The van der Waals surface area contributed by atoms with Crippen molar-refractivity contribution in [1.29, 1.82) is 0 Å². The van der Waals surface area contributed by atoms with E-state index in [0.29, 0.717) is 0 Å². The van der Waals surface area contributed by atoms with E-state index in [1.165, 1.54) is 6.92 Å². The minimum absolute atomic E-state index is 0.0263. The van der Waals surface area contributed by atoms with E-state index in [1.807, 2.05) is 33.2 Å². The van der Waals surface area contributed by atoms with Crippen LogP contribution in [0.15, 0.2) is 24.3 Å². The summed E-state index contributed by atoms with van der Waals surface area (Å²) in [5, 5.41) is 16.3. The van der Waals surface area contributed by atoms with Crippen LogP contribution in [0, 0.1) is 0 Å². The van der Waals surface area contributed by atoms with E-state index in [-0.39, 0.29) is 11.9 Å². The number of rotatable bonds is 7. The van der Waals surface area contributed by atoms with Gasteiger partial charge >= 0.3 is 0 Å². The molecule has 0 aliphatic heterocycles. The minimum Gasteiger partial charge on any atom is -0.387 e. The Kier molecular flexibility index (Phi) is 6.64. The molecule has 5 heteroatoms. The summed E-state index contributed by atoms with van der Waals surface area (Å²) < 4.78 is 0. The highest BCUT2D eigenvalue weighted by molar-refractivity contribution is 5.88. The molecule has 1 aromatic rings. The average molecular weight is 279 g/mol. The second-order valence-corrected chi connectivity index (χ2v) is 5.29. The Morgan fingerprint density at radius 1 is 1.30 bits per heavy atom. The quantitative estimate of drug-likeness (QED) is 0.702. The number of aliphatic hydroxyl groups is 1. The van der Waals surface area contributed by atoms with E-state index in [1.54, 1.807) is 12.1 Å². The average Bonchev–Trinajstić information content (AvgIpc) is 2.37. The number of hydrogen-bond acceptors (Lipinski definition) is 4. The highest BCUT2D eigenvalue weighted by Crippen LogP contribution is 2.19. The van der Waals surface area contributed by atoms with E-state index in [2.05, 4.69) is 15.5 Å². The molecule has 3 N–H and O–H groups in total. The predicted octanol–water partition coefficient (Wildman–Crippen LogP) is 1.22. The molecule has 2 unspecified atom stereocenters. The molecule has 0 radical (unpaired) electrons. The van der Waals surface area contributed by atoms with Crippen molar-refractivity contribution in [3.8, 4) is 0 Å². The second kappa shape index (κ2) is 7.99. The Morgan fingerprint density at radius 2 is 1.90 bits per heavy atom. The third kappa shape index (κ3) is 5.69. The van der Waals surface area contributed by atoms with E-state index in [0.717, 1.165) is 24.3 Å². The molecule has 20 heavy (non-hydrogen) atoms. The summed E-state index contributed by atoms with van der Waals surface area (Å²) in [5.74, 6) is -0.1000. The maximum absolute atomic E-state index is 10.9. The van der Waals surface area contributed by atoms with E-state index in [4.69, 9.17) is 0 Å². The fourth-order valence-corrected chi connectivity index (χ4v) is 1.88. The summed E-state index contributed by atoms with van der Waals surface area (Å²) in [6.07, 6.45) is -0.566. The van der Waals surface area contributed by atoms with Gasteiger partial charge < -0.3 is 20.6 Å². The zero-order valence-corrected chi connectivity index (χ0v) is 12.7. The van der Waals surface area contributed by atoms with E-state index in [9.17, 15) is 9.90 Å². The molecule has 1 rings (SSSR count). The smallest absolute Gasteiger partial charge is 0.221 e. The predicted molar refractivity (Wildman–Crippen MR) is 81.7 cm³/mol. The molecule has 0 saturated carbocycles. The van der Waals surface area contributed by atoms with E-state index >= 15 is 0 Å². The molecule has 0 saturated heterocycles. The molecule has 0 aliphatic carbocycles. The van der Waals surface area contributed by atoms with Crippen LogP contribution in [0.5, 0.6) is 0 Å². The topological polar surface area (TPSA) is 64.6 Å². The number of amides is 1. The van der Waals surface area contributed by atoms with E-state index < -0.39 is 6.10 Å². The van der Waals surface area contributed by atoms with Gasteiger partial charge in [0, 0.05) is 31.7 Å². The second-order valence-electron chi connectivity index (χ2n) is 5.29. The lowest BCUT2D eigenvalue weighted by Gasteiger charge is -2.22. The first-order valence-corrected chi connectivity index (χ1v) is 6.84. The molecule has 0 spiro atoms. The first kappa shape index (κ1) is 16.6. The SMILES string of the molecule is CC(=O)Nc1ccc(C(O)C(C)NCCN(C)C)cc1. The minimum atomic E-state index is -0.566. The van der Waals surface area contributed by atoms with Crippen molar-refractivity contribution < 1.29 is 9.90 Å². The number of aliphatic hydroxyl groups excluding tert-OH is 1. The van der Waals surface area contributed by atoms with Crippen LogP contribution in [-0.2, 0) is 4.79 Å². The third-order valence-electron chi connectivity index (χ3n) is 3.07. The van der Waals surface area contributed by atoms with Crippen LogP contribution < -0.4 is 10.6 Å². The number of benzene rings is 1. The van der Waals surface area contributed by atoms with Crippen LogP contribution in [0.3, 0.4) is 0 Å². The van der Waals surface area contributed by atoms with Gasteiger partial charge in [-0.05, 0) is 38.7 Å². The van der Waals surface area contributed by atoms with Crippen LogP contribution in [0.2, 0.25) is 0 Å². The molecule has 1 aromatic carbocycles. The summed E-state index contributed by atoms with van der Waals surface area (Å²) in [6.45, 7) is 5.19. The Balaban J connectivity index is 2.53. The summed E-state index contributed by atoms with van der Waals surface area (Å²) in [6, 6.07) is 7.24. The van der Waals surface area contributed by atoms with Gasteiger partial charge in [-0.25, -0.2) is 0 Å². The number of anilines is 1. The molecule has 2 atom stereocenters. The highest BCUT2D eigenvalue weighted by atomic mass is 16.3. The fraction of sp³-hybridized carbons (Fsp3) is 0.533. The van der Waals surface area contributed by atoms with Crippen LogP contribution >= 0.6 is 0 Å². The number of nitrogens with one attached hydrogen (secondary N) is 2. The zero-order valence-electron chi connectivity index (χ0n) is 12.7. The van der Waals surface area contributed by atoms with Gasteiger partial charge in [0.25, 0.3) is 0 Å². The standard InChI is InChI=1S/C15H25N3O2/c1-11(16-9-10-18(3)4)15(20)13-5-7-14(8-6-13)17-12(2)19/h5-8,11,15-16,20H,9-10H2,1-4H3,(H,17,19). The van der Waals surface area contributed by atoms with Crippen molar-refractivity contribution >= 4 is 11.6 Å². The van der Waals surface area contributed by atoms with Crippen molar-refractivity contribution in [2.75, 3.05) is 32.5 Å². The monoisotopic (exact) mass is 279 g/mol. The first-order chi connectivity index (χ1) is 9.40. The van der Waals surface area contributed by atoms with Crippen molar-refractivity contribution in [3.63, 3.8) is 0 Å². The molecule has 1 amide bonds. The molecule has 0 aliphatic rings. The van der Waals surface area contributed by atoms with Crippen molar-refractivity contribution in [2.24, 2.45) is 0 Å². The molecular weight excluding hydrogens is 254 g/mol. The largest absolute Gasteiger partial charge is 0.387 e. The van der Waals surface area contributed by atoms with Crippen molar-refractivity contribution in [1.82, 2.24) is 10.2 Å². The lowest BCUT2D eigenvalue weighted by Crippen LogP contribution is -2.36. The van der Waals surface area contributed by atoms with Crippen LogP contribution in [0.25, 0.3) is 0 Å². The number of carbonyl (C=O) groups is 1. The molecule has 0 aromatic heterocycles. The first-order valence-electron chi connectivity index (χ1n) is 6.84. The molecule has 0 heterocycles. The Bertz CT molecular complexity index is 418.